The summed E-state index contributed by atoms with van der Waals surface area (Å²) in [7, 11) is 0. The van der Waals surface area contributed by atoms with Gasteiger partial charge in [0.1, 0.15) is 0 Å². The van der Waals surface area contributed by atoms with Crippen LogP contribution >= 0.6 is 0 Å². The van der Waals surface area contributed by atoms with Gasteiger partial charge in [0.15, 0.2) is 0 Å². The maximum absolute atomic E-state index is 11.5. The Morgan fingerprint density at radius 2 is 2.05 bits per heavy atom. The van der Waals surface area contributed by atoms with Crippen molar-refractivity contribution >= 4 is 5.97 Å². The number of allylic oxidation sites excluding steroid dienone is 2. The second-order valence-corrected chi connectivity index (χ2v) is 5.08. The zero-order chi connectivity index (χ0) is 18.6. The topological polar surface area (TPSA) is 26.3 Å². The van der Waals surface area contributed by atoms with Gasteiger partial charge in [0.25, 0.3) is 0 Å². The lowest BCUT2D eigenvalue weighted by atomic mass is 10.0. The molecule has 0 amide bonds. The summed E-state index contributed by atoms with van der Waals surface area (Å²) in [5.74, 6) is -0.384. The van der Waals surface area contributed by atoms with E-state index in [-0.39, 0.29) is 6.42 Å². The van der Waals surface area contributed by atoms with Crippen molar-refractivity contribution in [2.45, 2.75) is 78.5 Å². The number of rotatable bonds is 12. The Balaban J connectivity index is 3.85. The third-order valence-corrected chi connectivity index (χ3v) is 3.16. The molecule has 2 nitrogen and oxygen atoms in total. The molecule has 19 heavy (non-hydrogen) atoms. The minimum atomic E-state index is -2.97. The zero-order valence-electron chi connectivity index (χ0n) is 17.4. The molecule has 0 rings (SSSR count). The predicted octanol–water partition coefficient (Wildman–Crippen LogP) is 5.27. The number of carbonyl (C=O) groups is 1. The highest BCUT2D eigenvalue weighted by atomic mass is 16.5. The van der Waals surface area contributed by atoms with Crippen LogP contribution in [0.1, 0.15) is 85.3 Å². The molecule has 0 aliphatic carbocycles. The zero-order valence-corrected chi connectivity index (χ0v) is 12.4. The van der Waals surface area contributed by atoms with E-state index in [0.29, 0.717) is 12.3 Å². The molecule has 0 aliphatic heterocycles. The van der Waals surface area contributed by atoms with Crippen molar-refractivity contribution in [3.05, 3.63) is 12.2 Å². The summed E-state index contributed by atoms with van der Waals surface area (Å²) < 4.78 is 39.8. The summed E-state index contributed by atoms with van der Waals surface area (Å²) in [6.45, 7) is -1.56. The molecule has 0 saturated heterocycles. The molecule has 0 radical (unpaired) electrons. The first-order valence-corrected chi connectivity index (χ1v) is 7.48. The van der Waals surface area contributed by atoms with Gasteiger partial charge in [-0.1, -0.05) is 64.5 Å². The highest BCUT2D eigenvalue weighted by molar-refractivity contribution is 5.69. The summed E-state index contributed by atoms with van der Waals surface area (Å²) in [6.07, 6.45) is 13.1. The Labute approximate surface area is 126 Å². The van der Waals surface area contributed by atoms with Crippen molar-refractivity contribution in [2.75, 3.05) is 6.56 Å². The lowest BCUT2D eigenvalue weighted by Gasteiger charge is -2.06. The van der Waals surface area contributed by atoms with E-state index in [1.807, 2.05) is 6.08 Å². The smallest absolute Gasteiger partial charge is 0.306 e. The van der Waals surface area contributed by atoms with Gasteiger partial charge < -0.3 is 4.74 Å². The molecule has 1 unspecified atom stereocenters. The summed E-state index contributed by atoms with van der Waals surface area (Å²) >= 11 is 0. The van der Waals surface area contributed by atoms with Crippen molar-refractivity contribution in [3.63, 3.8) is 0 Å². The molecular weight excluding hydrogens is 236 g/mol. The SMILES string of the molecule is [2H]C([2H])([2H])C([2H])([2H])OC(=O)CC/C=C/C(C)CCCCCCCC. The van der Waals surface area contributed by atoms with Gasteiger partial charge in [-0.3, -0.25) is 4.79 Å². The first-order chi connectivity index (χ1) is 11.1. The van der Waals surface area contributed by atoms with Crippen LogP contribution in [0, 0.1) is 5.92 Å². The number of esters is 1. The largest absolute Gasteiger partial charge is 0.466 e. The average molecular weight is 273 g/mol. The quantitative estimate of drug-likeness (QED) is 0.275. The highest BCUT2D eigenvalue weighted by Gasteiger charge is 2.00. The van der Waals surface area contributed by atoms with Crippen LogP contribution in [0.5, 0.6) is 0 Å². The molecule has 2 heteroatoms. The Bertz CT molecular complexity index is 378. The molecule has 0 aromatic heterocycles. The number of hydrogen-bond donors (Lipinski definition) is 0. The molecular formula is C17H32O2. The first kappa shape index (κ1) is 10.9. The third kappa shape index (κ3) is 13.4. The van der Waals surface area contributed by atoms with Crippen LogP contribution in [-0.4, -0.2) is 12.5 Å². The molecule has 0 saturated carbocycles. The fourth-order valence-corrected chi connectivity index (χ4v) is 1.98. The Morgan fingerprint density at radius 1 is 1.32 bits per heavy atom. The molecule has 0 spiro atoms. The van der Waals surface area contributed by atoms with Gasteiger partial charge in [-0.2, -0.15) is 0 Å². The van der Waals surface area contributed by atoms with E-state index in [1.54, 1.807) is 0 Å². The van der Waals surface area contributed by atoms with E-state index in [9.17, 15) is 4.79 Å². The van der Waals surface area contributed by atoms with Gasteiger partial charge in [0.05, 0.1) is 9.30 Å². The monoisotopic (exact) mass is 273 g/mol. The fourth-order valence-electron chi connectivity index (χ4n) is 1.98. The molecule has 0 aromatic rings. The van der Waals surface area contributed by atoms with Crippen LogP contribution in [0.4, 0.5) is 0 Å². The molecule has 0 bridgehead atoms. The van der Waals surface area contributed by atoms with Gasteiger partial charge in [-0.15, -0.1) is 0 Å². The number of ether oxygens (including phenoxy) is 1. The van der Waals surface area contributed by atoms with Crippen molar-refractivity contribution < 1.29 is 16.4 Å². The maximum Gasteiger partial charge on any atom is 0.306 e. The van der Waals surface area contributed by atoms with Crippen molar-refractivity contribution in [1.82, 2.24) is 0 Å². The lowest BCUT2D eigenvalue weighted by Crippen LogP contribution is -2.02. The average Bonchev–Trinajstić information content (AvgIpc) is 2.45. The third-order valence-electron chi connectivity index (χ3n) is 3.16. The molecule has 1 atom stereocenters. The standard InChI is InChI=1S/C17H32O2/c1-4-6-7-8-9-10-13-16(3)14-11-12-15-17(18)19-5-2/h11,14,16H,4-10,12-13,15H2,1-3H3/b14-11+/i2D3,5D2. The van der Waals surface area contributed by atoms with Crippen LogP contribution in [-0.2, 0) is 9.53 Å². The number of hydrogen-bond acceptors (Lipinski definition) is 2. The first-order valence-electron chi connectivity index (χ1n) is 9.98. The fraction of sp³-hybridized carbons (Fsp3) is 0.824. The van der Waals surface area contributed by atoms with Crippen LogP contribution in [0.2, 0.25) is 0 Å². The van der Waals surface area contributed by atoms with Crippen molar-refractivity contribution in [2.24, 2.45) is 5.92 Å². The molecule has 0 aliphatic rings. The van der Waals surface area contributed by atoms with Gasteiger partial charge >= 0.3 is 5.97 Å². The minimum Gasteiger partial charge on any atom is -0.466 e. The van der Waals surface area contributed by atoms with Crippen LogP contribution < -0.4 is 0 Å². The van der Waals surface area contributed by atoms with E-state index in [2.05, 4.69) is 24.7 Å². The van der Waals surface area contributed by atoms with E-state index >= 15 is 0 Å². The molecule has 0 heterocycles. The summed E-state index contributed by atoms with van der Waals surface area (Å²) in [6, 6.07) is 0. The van der Waals surface area contributed by atoms with E-state index in [4.69, 9.17) is 6.85 Å². The van der Waals surface area contributed by atoms with Crippen LogP contribution in [0.25, 0.3) is 0 Å². The van der Waals surface area contributed by atoms with E-state index in [1.165, 1.54) is 38.5 Å². The Hall–Kier alpha value is -0.790. The Morgan fingerprint density at radius 3 is 2.79 bits per heavy atom. The molecule has 112 valence electrons. The highest BCUT2D eigenvalue weighted by Crippen LogP contribution is 2.13. The van der Waals surface area contributed by atoms with Crippen LogP contribution in [0.15, 0.2) is 12.2 Å². The number of unbranched alkanes of at least 4 members (excludes halogenated alkanes) is 5. The molecule has 0 aromatic carbocycles. The summed E-state index contributed by atoms with van der Waals surface area (Å²) in [5, 5.41) is 0. The second kappa shape index (κ2) is 13.6. The predicted molar refractivity (Wildman–Crippen MR) is 82.2 cm³/mol. The Kier molecular flexibility index (Phi) is 7.85. The normalized spacial score (nSPS) is 18.1. The van der Waals surface area contributed by atoms with Crippen LogP contribution in [0.3, 0.4) is 0 Å². The summed E-state index contributed by atoms with van der Waals surface area (Å²) in [4.78, 5) is 11.5. The van der Waals surface area contributed by atoms with E-state index in [0.717, 1.165) is 6.42 Å². The minimum absolute atomic E-state index is 0.0180. The van der Waals surface area contributed by atoms with Crippen molar-refractivity contribution in [1.29, 1.82) is 0 Å². The van der Waals surface area contributed by atoms with Crippen molar-refractivity contribution in [3.8, 4) is 0 Å². The van der Waals surface area contributed by atoms with Gasteiger partial charge in [-0.05, 0) is 25.6 Å². The van der Waals surface area contributed by atoms with Gasteiger partial charge in [-0.25, -0.2) is 0 Å². The van der Waals surface area contributed by atoms with Gasteiger partial charge in [0, 0.05) is 10.5 Å². The van der Waals surface area contributed by atoms with Gasteiger partial charge in [0.2, 0.25) is 0 Å². The summed E-state index contributed by atoms with van der Waals surface area (Å²) in [5.41, 5.74) is 0. The molecule has 0 fully saturated rings. The number of carbonyl (C=O) groups excluding carboxylic acids is 1. The maximum atomic E-state index is 11.5. The molecule has 0 N–H and O–H groups in total. The van der Waals surface area contributed by atoms with E-state index < -0.39 is 19.4 Å². The lowest BCUT2D eigenvalue weighted by molar-refractivity contribution is -0.143. The second-order valence-electron chi connectivity index (χ2n) is 5.08.